The van der Waals surface area contributed by atoms with Crippen LogP contribution in [0.5, 0.6) is 0 Å². The van der Waals surface area contributed by atoms with Crippen LogP contribution < -0.4 is 0 Å². The predicted octanol–water partition coefficient (Wildman–Crippen LogP) is 5.52. The zero-order valence-electron chi connectivity index (χ0n) is 15.2. The van der Waals surface area contributed by atoms with E-state index in [2.05, 4.69) is 14.8 Å². The minimum absolute atomic E-state index is 0.185. The molecule has 0 aromatic heterocycles. The van der Waals surface area contributed by atoms with Crippen molar-refractivity contribution < 1.29 is 29.1 Å². The Morgan fingerprint density at radius 1 is 0.731 bits per heavy atom. The molecule has 0 atom stereocenters. The average Bonchev–Trinajstić information content (AvgIpc) is 2.64. The molecule has 1 aliphatic carbocycles. The van der Waals surface area contributed by atoms with Crippen LogP contribution in [0.25, 0.3) is 0 Å². The zero-order chi connectivity index (χ0) is 18.5. The molecule has 0 aliphatic heterocycles. The maximum Gasteiger partial charge on any atom is 0.543 e. The largest absolute Gasteiger partial charge is 0.543 e. The van der Waals surface area contributed by atoms with Crippen molar-refractivity contribution in [1.82, 2.24) is 0 Å². The quantitative estimate of drug-likeness (QED) is 0.398. The van der Waals surface area contributed by atoms with Gasteiger partial charge in [0.05, 0.1) is 10.6 Å². The maximum absolute atomic E-state index is 11.7. The van der Waals surface area contributed by atoms with Crippen LogP contribution in [-0.2, 0) is 19.6 Å². The molecule has 26 heavy (non-hydrogen) atoms. The van der Waals surface area contributed by atoms with Crippen LogP contribution in [0, 0.1) is 0 Å². The van der Waals surface area contributed by atoms with Crippen molar-refractivity contribution in [3.63, 3.8) is 0 Å². The van der Waals surface area contributed by atoms with Gasteiger partial charge in [0.2, 0.25) is 0 Å². The van der Waals surface area contributed by atoms with E-state index in [9.17, 15) is 9.59 Å². The molecule has 0 saturated heterocycles. The second-order valence-corrected chi connectivity index (χ2v) is 6.64. The SMILES string of the molecule is O=C(OOOC(=O)c1ccccc1)OC1CCCCCCCCCCC1. The molecule has 1 aliphatic rings. The maximum atomic E-state index is 11.7. The van der Waals surface area contributed by atoms with Crippen LogP contribution in [-0.4, -0.2) is 18.2 Å². The van der Waals surface area contributed by atoms with Gasteiger partial charge >= 0.3 is 12.1 Å². The van der Waals surface area contributed by atoms with E-state index in [1.54, 1.807) is 30.3 Å². The number of hydrogen-bond donors (Lipinski definition) is 0. The zero-order valence-corrected chi connectivity index (χ0v) is 15.2. The van der Waals surface area contributed by atoms with E-state index in [1.165, 1.54) is 32.1 Å². The Morgan fingerprint density at radius 2 is 1.27 bits per heavy atom. The van der Waals surface area contributed by atoms with Crippen LogP contribution in [0.1, 0.15) is 81.0 Å². The van der Waals surface area contributed by atoms with Gasteiger partial charge in [0.15, 0.2) is 0 Å². The van der Waals surface area contributed by atoms with E-state index >= 15 is 0 Å². The molecule has 0 N–H and O–H groups in total. The highest BCUT2D eigenvalue weighted by Gasteiger charge is 2.18. The molecule has 0 bridgehead atoms. The summed E-state index contributed by atoms with van der Waals surface area (Å²) in [6.07, 6.45) is 11.2. The van der Waals surface area contributed by atoms with Gasteiger partial charge in [0.1, 0.15) is 6.10 Å². The van der Waals surface area contributed by atoms with Crippen molar-refractivity contribution >= 4 is 12.1 Å². The summed E-state index contributed by atoms with van der Waals surface area (Å²) >= 11 is 0. The molecule has 1 fully saturated rings. The standard InChI is InChI=1S/C20H28O6/c21-19(17-13-9-8-10-14-17)24-26-25-20(22)23-18-15-11-6-4-2-1-3-5-7-12-16-18/h8-10,13-14,18H,1-7,11-12,15-16H2. The van der Waals surface area contributed by atoms with Crippen LogP contribution in [0.3, 0.4) is 0 Å². The molecule has 2 rings (SSSR count). The Kier molecular flexibility index (Phi) is 9.57. The highest BCUT2D eigenvalue weighted by atomic mass is 17.5. The van der Waals surface area contributed by atoms with Crippen molar-refractivity contribution in [3.8, 4) is 0 Å². The molecule has 0 spiro atoms. The highest BCUT2D eigenvalue weighted by Crippen LogP contribution is 2.19. The van der Waals surface area contributed by atoms with Gasteiger partial charge < -0.3 is 4.74 Å². The lowest BCUT2D eigenvalue weighted by Gasteiger charge is -2.17. The van der Waals surface area contributed by atoms with Gasteiger partial charge in [-0.15, -0.1) is 0 Å². The van der Waals surface area contributed by atoms with Crippen molar-refractivity contribution in [2.45, 2.75) is 76.7 Å². The first-order valence-electron chi connectivity index (χ1n) is 9.57. The molecule has 0 unspecified atom stereocenters. The number of carbonyl (C=O) groups excluding carboxylic acids is 2. The topological polar surface area (TPSA) is 71.1 Å². The molecule has 1 aromatic carbocycles. The summed E-state index contributed by atoms with van der Waals surface area (Å²) in [5, 5.41) is 4.27. The van der Waals surface area contributed by atoms with Gasteiger partial charge in [0, 0.05) is 0 Å². The van der Waals surface area contributed by atoms with Gasteiger partial charge in [-0.25, -0.2) is 14.5 Å². The summed E-state index contributed by atoms with van der Waals surface area (Å²) in [6.45, 7) is 0. The Hall–Kier alpha value is -2.08. The van der Waals surface area contributed by atoms with Crippen molar-refractivity contribution in [3.05, 3.63) is 35.9 Å². The van der Waals surface area contributed by atoms with Crippen LogP contribution >= 0.6 is 0 Å². The smallest absolute Gasteiger partial charge is 0.429 e. The van der Waals surface area contributed by atoms with Crippen LogP contribution in [0.15, 0.2) is 30.3 Å². The van der Waals surface area contributed by atoms with E-state index in [0.717, 1.165) is 38.5 Å². The molecule has 1 saturated carbocycles. The number of benzene rings is 1. The fourth-order valence-corrected chi connectivity index (χ4v) is 3.10. The monoisotopic (exact) mass is 364 g/mol. The summed E-state index contributed by atoms with van der Waals surface area (Å²) in [4.78, 5) is 32.2. The van der Waals surface area contributed by atoms with Gasteiger partial charge in [-0.1, -0.05) is 63.1 Å². The van der Waals surface area contributed by atoms with E-state index in [-0.39, 0.29) is 6.10 Å². The highest BCUT2D eigenvalue weighted by molar-refractivity contribution is 5.88. The molecule has 144 valence electrons. The van der Waals surface area contributed by atoms with Gasteiger partial charge in [-0.2, -0.15) is 0 Å². The number of ether oxygens (including phenoxy) is 1. The first kappa shape index (κ1) is 20.2. The molecule has 6 nitrogen and oxygen atoms in total. The molecule has 1 aromatic rings. The summed E-state index contributed by atoms with van der Waals surface area (Å²) in [6, 6.07) is 8.28. The summed E-state index contributed by atoms with van der Waals surface area (Å²) in [7, 11) is 0. The lowest BCUT2D eigenvalue weighted by molar-refractivity contribution is -0.453. The minimum Gasteiger partial charge on any atom is -0.429 e. The Morgan fingerprint density at radius 3 is 1.85 bits per heavy atom. The molecular formula is C20H28O6. The Bertz CT molecular complexity index is 518. The average molecular weight is 364 g/mol. The molecule has 6 heteroatoms. The first-order chi connectivity index (χ1) is 12.8. The fraction of sp³-hybridized carbons (Fsp3) is 0.600. The number of hydrogen-bond acceptors (Lipinski definition) is 6. The lowest BCUT2D eigenvalue weighted by Crippen LogP contribution is -2.20. The summed E-state index contributed by atoms with van der Waals surface area (Å²) < 4.78 is 5.31. The van der Waals surface area contributed by atoms with E-state index in [4.69, 9.17) is 4.74 Å². The molecule has 0 heterocycles. The second kappa shape index (κ2) is 12.3. The Balaban J connectivity index is 1.67. The van der Waals surface area contributed by atoms with Gasteiger partial charge in [-0.3, -0.25) is 4.89 Å². The fourth-order valence-electron chi connectivity index (χ4n) is 3.10. The van der Waals surface area contributed by atoms with Crippen molar-refractivity contribution in [2.75, 3.05) is 0 Å². The summed E-state index contributed by atoms with van der Waals surface area (Å²) in [5.41, 5.74) is 0.295. The second-order valence-electron chi connectivity index (χ2n) is 6.64. The van der Waals surface area contributed by atoms with E-state index in [0.29, 0.717) is 5.56 Å². The third-order valence-electron chi connectivity index (χ3n) is 4.54. The van der Waals surface area contributed by atoms with Crippen LogP contribution in [0.4, 0.5) is 4.79 Å². The van der Waals surface area contributed by atoms with Crippen molar-refractivity contribution in [1.29, 1.82) is 0 Å². The van der Waals surface area contributed by atoms with E-state index in [1.807, 2.05) is 0 Å². The Labute approximate surface area is 154 Å². The normalized spacial score (nSPS) is 17.4. The van der Waals surface area contributed by atoms with Crippen LogP contribution in [0.2, 0.25) is 0 Å². The van der Waals surface area contributed by atoms with Crippen molar-refractivity contribution in [2.24, 2.45) is 0 Å². The molecule has 0 radical (unpaired) electrons. The predicted molar refractivity (Wildman–Crippen MR) is 95.1 cm³/mol. The number of rotatable bonds is 4. The minimum atomic E-state index is -0.983. The third-order valence-corrected chi connectivity index (χ3v) is 4.54. The third kappa shape index (κ3) is 8.34. The van der Waals surface area contributed by atoms with Gasteiger partial charge in [-0.05, 0) is 37.8 Å². The summed E-state index contributed by atoms with van der Waals surface area (Å²) in [5.74, 6) is -0.746. The van der Waals surface area contributed by atoms with Gasteiger partial charge in [0.25, 0.3) is 0 Å². The number of carbonyl (C=O) groups is 2. The first-order valence-corrected chi connectivity index (χ1v) is 9.57. The molecule has 0 amide bonds. The lowest BCUT2D eigenvalue weighted by atomic mass is 9.99. The molecular weight excluding hydrogens is 336 g/mol. The van der Waals surface area contributed by atoms with E-state index < -0.39 is 12.1 Å².